The second-order valence-electron chi connectivity index (χ2n) is 9.72. The fourth-order valence-corrected chi connectivity index (χ4v) is 4.47. The Bertz CT molecular complexity index is 1010. The number of rotatable bonds is 8. The molecule has 0 saturated carbocycles. The Morgan fingerprint density at radius 1 is 1.27 bits per heavy atom. The molecule has 1 aromatic carbocycles. The maximum absolute atomic E-state index is 12.8. The average Bonchev–Trinajstić information content (AvgIpc) is 3.05. The van der Waals surface area contributed by atoms with Gasteiger partial charge in [-0.05, 0) is 66.4 Å². The number of carbonyl (C=O) groups excluding carboxylic acids is 1. The molecule has 180 valence electrons. The number of fused-ring (bicyclic) bond motifs is 3. The van der Waals surface area contributed by atoms with E-state index in [1.54, 1.807) is 0 Å². The number of aliphatic hydroxyl groups excluding tert-OH is 1. The van der Waals surface area contributed by atoms with Gasteiger partial charge in [0.25, 0.3) is 5.91 Å². The molecule has 3 rings (SSSR count). The molecule has 0 bridgehead atoms. The summed E-state index contributed by atoms with van der Waals surface area (Å²) in [6.45, 7) is 9.67. The fraction of sp³-hybridized carbons (Fsp3) is 0.538. The summed E-state index contributed by atoms with van der Waals surface area (Å²) < 4.78 is 6.31. The van der Waals surface area contributed by atoms with E-state index < -0.39 is 29.6 Å². The molecule has 7 heteroatoms. The first-order valence-corrected chi connectivity index (χ1v) is 11.5. The molecule has 3 atom stereocenters. The largest absolute Gasteiger partial charge is 0.508 e. The highest BCUT2D eigenvalue weighted by molar-refractivity contribution is 6.01. The maximum atomic E-state index is 12.8. The number of carboxylic acids is 1. The lowest BCUT2D eigenvalue weighted by Gasteiger charge is -2.41. The number of allylic oxidation sites excluding steroid dienone is 4. The van der Waals surface area contributed by atoms with Gasteiger partial charge in [-0.3, -0.25) is 4.79 Å². The number of nitrogens with zero attached hydrogens (tertiary/aromatic N) is 1. The van der Waals surface area contributed by atoms with Gasteiger partial charge in [0.05, 0.1) is 18.2 Å². The first-order valence-electron chi connectivity index (χ1n) is 11.5. The summed E-state index contributed by atoms with van der Waals surface area (Å²) in [6, 6.07) is 0.366. The minimum atomic E-state index is -1.10. The van der Waals surface area contributed by atoms with Crippen molar-refractivity contribution in [3.63, 3.8) is 0 Å². The Labute approximate surface area is 195 Å². The van der Waals surface area contributed by atoms with Crippen molar-refractivity contribution in [3.8, 4) is 11.5 Å². The van der Waals surface area contributed by atoms with Gasteiger partial charge in [-0.25, -0.2) is 4.79 Å². The molecule has 1 amide bonds. The van der Waals surface area contributed by atoms with E-state index in [0.29, 0.717) is 23.3 Å². The van der Waals surface area contributed by atoms with Crippen LogP contribution in [0, 0.1) is 0 Å². The second kappa shape index (κ2) is 9.59. The predicted molar refractivity (Wildman–Crippen MR) is 125 cm³/mol. The lowest BCUT2D eigenvalue weighted by atomic mass is 9.84. The van der Waals surface area contributed by atoms with Gasteiger partial charge in [-0.2, -0.15) is 0 Å². The van der Waals surface area contributed by atoms with Crippen LogP contribution in [0.4, 0.5) is 0 Å². The van der Waals surface area contributed by atoms with Crippen molar-refractivity contribution in [1.29, 1.82) is 0 Å². The summed E-state index contributed by atoms with van der Waals surface area (Å²) in [4.78, 5) is 25.5. The minimum absolute atomic E-state index is 0.0970. The Hall–Kier alpha value is -2.80. The molecular weight excluding hydrogens is 422 g/mol. The average molecular weight is 458 g/mol. The first kappa shape index (κ1) is 24.8. The van der Waals surface area contributed by atoms with E-state index in [-0.39, 0.29) is 24.3 Å². The van der Waals surface area contributed by atoms with Crippen molar-refractivity contribution in [2.24, 2.45) is 0 Å². The summed E-state index contributed by atoms with van der Waals surface area (Å²) in [5.41, 5.74) is 2.99. The molecule has 2 aliphatic heterocycles. The first-order chi connectivity index (χ1) is 15.4. The minimum Gasteiger partial charge on any atom is -0.508 e. The van der Waals surface area contributed by atoms with Crippen LogP contribution < -0.4 is 4.74 Å². The Kier molecular flexibility index (Phi) is 7.22. The molecule has 1 aromatic rings. The van der Waals surface area contributed by atoms with E-state index in [9.17, 15) is 24.9 Å². The third-order valence-electron chi connectivity index (χ3n) is 6.77. The van der Waals surface area contributed by atoms with Crippen molar-refractivity contribution in [1.82, 2.24) is 4.90 Å². The van der Waals surface area contributed by atoms with Gasteiger partial charge in [-0.1, -0.05) is 23.3 Å². The number of aliphatic carboxylic acids is 1. The topological polar surface area (TPSA) is 107 Å². The van der Waals surface area contributed by atoms with Crippen LogP contribution in [0.15, 0.2) is 29.4 Å². The molecule has 0 fully saturated rings. The van der Waals surface area contributed by atoms with E-state index in [1.807, 2.05) is 6.92 Å². The monoisotopic (exact) mass is 457 g/mol. The molecule has 2 heterocycles. The zero-order valence-corrected chi connectivity index (χ0v) is 20.1. The van der Waals surface area contributed by atoms with E-state index in [2.05, 4.69) is 32.9 Å². The van der Waals surface area contributed by atoms with Gasteiger partial charge in [0, 0.05) is 17.5 Å². The van der Waals surface area contributed by atoms with Gasteiger partial charge < -0.3 is 25.0 Å². The fourth-order valence-electron chi connectivity index (χ4n) is 4.47. The Balaban J connectivity index is 1.81. The summed E-state index contributed by atoms with van der Waals surface area (Å²) >= 11 is 0. The zero-order valence-electron chi connectivity index (χ0n) is 20.1. The molecular formula is C26H35NO6. The molecule has 0 spiro atoms. The van der Waals surface area contributed by atoms with E-state index in [1.165, 1.54) is 29.0 Å². The molecule has 0 aromatic heterocycles. The molecule has 33 heavy (non-hydrogen) atoms. The molecule has 0 radical (unpaired) electrons. The van der Waals surface area contributed by atoms with E-state index in [0.717, 1.165) is 19.3 Å². The van der Waals surface area contributed by atoms with Crippen LogP contribution in [0.2, 0.25) is 0 Å². The third kappa shape index (κ3) is 5.08. The molecule has 2 aliphatic rings. The van der Waals surface area contributed by atoms with Crippen molar-refractivity contribution < 1.29 is 29.6 Å². The zero-order chi connectivity index (χ0) is 24.5. The van der Waals surface area contributed by atoms with Crippen molar-refractivity contribution in [3.05, 3.63) is 46.1 Å². The molecule has 0 aliphatic carbocycles. The van der Waals surface area contributed by atoms with Gasteiger partial charge in [0.1, 0.15) is 23.1 Å². The Morgan fingerprint density at radius 3 is 2.61 bits per heavy atom. The van der Waals surface area contributed by atoms with E-state index in [4.69, 9.17) is 4.74 Å². The molecule has 0 saturated heterocycles. The maximum Gasteiger partial charge on any atom is 0.326 e. The highest BCUT2D eigenvalue weighted by Gasteiger charge is 2.45. The summed E-state index contributed by atoms with van der Waals surface area (Å²) in [7, 11) is 0. The lowest BCUT2D eigenvalue weighted by Crippen LogP contribution is -2.49. The van der Waals surface area contributed by atoms with Crippen LogP contribution in [0.25, 0.3) is 0 Å². The third-order valence-corrected chi connectivity index (χ3v) is 6.77. The van der Waals surface area contributed by atoms with Crippen LogP contribution in [0.3, 0.4) is 0 Å². The van der Waals surface area contributed by atoms with Crippen LogP contribution in [-0.2, 0) is 17.8 Å². The number of benzene rings is 1. The number of carbonyl (C=O) groups is 2. The number of amides is 1. The normalized spacial score (nSPS) is 23.0. The Morgan fingerprint density at radius 2 is 1.97 bits per heavy atom. The molecule has 7 nitrogen and oxygen atoms in total. The highest BCUT2D eigenvalue weighted by Crippen LogP contribution is 2.46. The van der Waals surface area contributed by atoms with Crippen molar-refractivity contribution in [2.45, 2.75) is 91.0 Å². The van der Waals surface area contributed by atoms with Crippen molar-refractivity contribution >= 4 is 11.9 Å². The quantitative estimate of drug-likeness (QED) is 0.501. The van der Waals surface area contributed by atoms with Gasteiger partial charge in [0.15, 0.2) is 0 Å². The number of ether oxygens (including phenoxy) is 1. The summed E-state index contributed by atoms with van der Waals surface area (Å²) in [6.07, 6.45) is 7.05. The van der Waals surface area contributed by atoms with Gasteiger partial charge in [-0.15, -0.1) is 0 Å². The number of phenolic OH excluding ortho intramolecular Hbond substituents is 1. The SMILES string of the molecule is CC(C)=CCCC(C)=CCCC1(C)Oc2c(c(O)cc3c2CN(C(C)C(=O)O)C3=O)CC1O. The number of hydrogen-bond acceptors (Lipinski definition) is 5. The number of phenols is 1. The van der Waals surface area contributed by atoms with Crippen LogP contribution >= 0.6 is 0 Å². The summed E-state index contributed by atoms with van der Waals surface area (Å²) in [5.74, 6) is -1.25. The molecule has 3 N–H and O–H groups in total. The lowest BCUT2D eigenvalue weighted by molar-refractivity contribution is -0.141. The van der Waals surface area contributed by atoms with Crippen molar-refractivity contribution in [2.75, 3.05) is 0 Å². The van der Waals surface area contributed by atoms with Gasteiger partial charge >= 0.3 is 5.97 Å². The van der Waals surface area contributed by atoms with Crippen LogP contribution in [-0.4, -0.2) is 49.8 Å². The number of hydrogen-bond donors (Lipinski definition) is 3. The van der Waals surface area contributed by atoms with E-state index >= 15 is 0 Å². The van der Waals surface area contributed by atoms with Crippen LogP contribution in [0.5, 0.6) is 11.5 Å². The van der Waals surface area contributed by atoms with Gasteiger partial charge in [0.2, 0.25) is 0 Å². The standard InChI is InChI=1S/C26H35NO6/c1-15(2)8-6-9-16(3)10-7-11-26(5)22(29)13-19-21(28)12-18-20(23(19)33-26)14-27(24(18)30)17(4)25(31)32/h8,10,12,17,22,28-29H,6-7,9,11,13-14H2,1-5H3,(H,31,32). The number of aliphatic hydroxyl groups is 1. The van der Waals surface area contributed by atoms with Crippen LogP contribution in [0.1, 0.15) is 81.8 Å². The summed E-state index contributed by atoms with van der Waals surface area (Å²) in [5, 5.41) is 30.8. The smallest absolute Gasteiger partial charge is 0.326 e. The second-order valence-corrected chi connectivity index (χ2v) is 9.72. The number of carboxylic acid groups (broad SMARTS) is 1. The number of aromatic hydroxyl groups is 1. The predicted octanol–water partition coefficient (Wildman–Crippen LogP) is 4.35. The molecule has 3 unspecified atom stereocenters. The highest BCUT2D eigenvalue weighted by atomic mass is 16.5.